The molecule has 1 nitrogen and oxygen atoms in total. The maximum atomic E-state index is 9.28. The molecule has 0 aliphatic heterocycles. The molecule has 0 aromatic heterocycles. The lowest BCUT2D eigenvalue weighted by Crippen LogP contribution is -1.86. The molecule has 1 N–H and O–H groups in total. The van der Waals surface area contributed by atoms with E-state index < -0.39 is 0 Å². The number of hydrogen-bond donors (Lipinski definition) is 1. The molecule has 1 heteroatoms. The molecule has 0 saturated heterocycles. The summed E-state index contributed by atoms with van der Waals surface area (Å²) < 4.78 is 0. The highest BCUT2D eigenvalue weighted by molar-refractivity contribution is 5.64. The molecule has 0 fully saturated rings. The average Bonchev–Trinajstić information content (AvgIpc) is 2.40. The Labute approximate surface area is 115 Å². The van der Waals surface area contributed by atoms with E-state index in [1.807, 2.05) is 12.1 Å². The topological polar surface area (TPSA) is 20.2 Å². The van der Waals surface area contributed by atoms with Crippen LogP contribution in [0.25, 0.3) is 11.1 Å². The monoisotopic (exact) mass is 252 g/mol. The Morgan fingerprint density at radius 2 is 1.47 bits per heavy atom. The Kier molecular flexibility index (Phi) is 4.40. The molecule has 19 heavy (non-hydrogen) atoms. The molecule has 0 radical (unpaired) electrons. The highest BCUT2D eigenvalue weighted by Gasteiger charge is 1.99. The first-order chi connectivity index (χ1) is 9.15. The van der Waals surface area contributed by atoms with Crippen LogP contribution in [0.5, 0.6) is 5.75 Å². The lowest BCUT2D eigenvalue weighted by molar-refractivity contribution is 0.475. The fourth-order valence-electron chi connectivity index (χ4n) is 2.11. The van der Waals surface area contributed by atoms with E-state index in [-0.39, 0.29) is 0 Å². The molecule has 0 aliphatic carbocycles. The van der Waals surface area contributed by atoms with Crippen LogP contribution in [0, 0.1) is 0 Å². The van der Waals surface area contributed by atoms with Crippen molar-refractivity contribution in [2.24, 2.45) is 0 Å². The summed E-state index contributed by atoms with van der Waals surface area (Å²) >= 11 is 0. The van der Waals surface area contributed by atoms with Gasteiger partial charge in [-0.05, 0) is 55.0 Å². The predicted octanol–water partition coefficient (Wildman–Crippen LogP) is 4.96. The summed E-state index contributed by atoms with van der Waals surface area (Å²) in [5, 5.41) is 9.28. The van der Waals surface area contributed by atoms with Crippen molar-refractivity contribution in [3.8, 4) is 16.9 Å². The van der Waals surface area contributed by atoms with Gasteiger partial charge in [-0.25, -0.2) is 0 Å². The van der Waals surface area contributed by atoms with Crippen molar-refractivity contribution in [2.45, 2.75) is 26.2 Å². The maximum absolute atomic E-state index is 9.28. The van der Waals surface area contributed by atoms with Crippen LogP contribution in [0.1, 0.15) is 25.3 Å². The Morgan fingerprint density at radius 3 is 2.00 bits per heavy atom. The molecule has 0 spiro atoms. The standard InChI is InChI=1S/C18H20O/c1-14(2)4-3-5-15-6-8-16(9-7-15)17-10-12-18(19)13-11-17/h6-13,19H,1,3-5H2,2H3. The molecule has 98 valence electrons. The molecule has 0 aliphatic rings. The minimum absolute atomic E-state index is 0.306. The van der Waals surface area contributed by atoms with Crippen molar-refractivity contribution < 1.29 is 5.11 Å². The van der Waals surface area contributed by atoms with Crippen LogP contribution in [0.15, 0.2) is 60.7 Å². The van der Waals surface area contributed by atoms with Crippen LogP contribution in [0.2, 0.25) is 0 Å². The number of phenolic OH excluding ortho intramolecular Hbond substituents is 1. The normalized spacial score (nSPS) is 10.4. The van der Waals surface area contributed by atoms with Gasteiger partial charge in [-0.15, -0.1) is 6.58 Å². The Morgan fingerprint density at radius 1 is 0.947 bits per heavy atom. The van der Waals surface area contributed by atoms with Crippen LogP contribution in [-0.4, -0.2) is 5.11 Å². The molecule has 0 heterocycles. The summed E-state index contributed by atoms with van der Waals surface area (Å²) in [7, 11) is 0. The quantitative estimate of drug-likeness (QED) is 0.746. The smallest absolute Gasteiger partial charge is 0.115 e. The molecular weight excluding hydrogens is 232 g/mol. The van der Waals surface area contributed by atoms with Crippen LogP contribution in [0.4, 0.5) is 0 Å². The zero-order valence-electron chi connectivity index (χ0n) is 11.4. The fraction of sp³-hybridized carbons (Fsp3) is 0.222. The van der Waals surface area contributed by atoms with Gasteiger partial charge < -0.3 is 5.11 Å². The summed E-state index contributed by atoms with van der Waals surface area (Å²) in [4.78, 5) is 0. The van der Waals surface area contributed by atoms with Crippen molar-refractivity contribution in [3.05, 3.63) is 66.2 Å². The van der Waals surface area contributed by atoms with Gasteiger partial charge in [0, 0.05) is 0 Å². The van der Waals surface area contributed by atoms with Crippen molar-refractivity contribution in [3.63, 3.8) is 0 Å². The highest BCUT2D eigenvalue weighted by atomic mass is 16.3. The largest absolute Gasteiger partial charge is 0.508 e. The minimum atomic E-state index is 0.306. The maximum Gasteiger partial charge on any atom is 0.115 e. The second kappa shape index (κ2) is 6.24. The number of allylic oxidation sites excluding steroid dienone is 1. The third-order valence-corrected chi connectivity index (χ3v) is 3.22. The first kappa shape index (κ1) is 13.4. The van der Waals surface area contributed by atoms with Crippen LogP contribution in [0.3, 0.4) is 0 Å². The number of hydrogen-bond acceptors (Lipinski definition) is 1. The second-order valence-corrected chi connectivity index (χ2v) is 5.05. The number of benzene rings is 2. The molecule has 0 atom stereocenters. The third-order valence-electron chi connectivity index (χ3n) is 3.22. The molecule has 2 aromatic rings. The predicted molar refractivity (Wildman–Crippen MR) is 81.3 cm³/mol. The van der Waals surface area contributed by atoms with E-state index in [0.717, 1.165) is 24.8 Å². The van der Waals surface area contributed by atoms with Gasteiger partial charge in [-0.1, -0.05) is 42.0 Å². The zero-order valence-corrected chi connectivity index (χ0v) is 11.4. The Balaban J connectivity index is 2.02. The van der Waals surface area contributed by atoms with Crippen molar-refractivity contribution in [1.29, 1.82) is 0 Å². The van der Waals surface area contributed by atoms with Gasteiger partial charge in [-0.3, -0.25) is 0 Å². The van der Waals surface area contributed by atoms with Crippen molar-refractivity contribution >= 4 is 0 Å². The van der Waals surface area contributed by atoms with E-state index in [1.54, 1.807) is 12.1 Å². The van der Waals surface area contributed by atoms with Gasteiger partial charge in [0.1, 0.15) is 5.75 Å². The molecule has 0 amide bonds. The summed E-state index contributed by atoms with van der Waals surface area (Å²) in [5.41, 5.74) is 4.93. The van der Waals surface area contributed by atoms with Gasteiger partial charge in [0.25, 0.3) is 0 Å². The highest BCUT2D eigenvalue weighted by Crippen LogP contribution is 2.22. The number of rotatable bonds is 5. The van der Waals surface area contributed by atoms with Crippen molar-refractivity contribution in [2.75, 3.05) is 0 Å². The van der Waals surface area contributed by atoms with Gasteiger partial charge >= 0.3 is 0 Å². The Bertz CT molecular complexity index is 535. The molecule has 0 bridgehead atoms. The zero-order chi connectivity index (χ0) is 13.7. The number of phenols is 1. The van der Waals surface area contributed by atoms with Gasteiger partial charge in [0.05, 0.1) is 0 Å². The molecule has 0 saturated carbocycles. The van der Waals surface area contributed by atoms with Crippen LogP contribution < -0.4 is 0 Å². The van der Waals surface area contributed by atoms with Crippen LogP contribution >= 0.6 is 0 Å². The van der Waals surface area contributed by atoms with E-state index in [2.05, 4.69) is 37.8 Å². The van der Waals surface area contributed by atoms with E-state index >= 15 is 0 Å². The van der Waals surface area contributed by atoms with Crippen molar-refractivity contribution in [1.82, 2.24) is 0 Å². The summed E-state index contributed by atoms with van der Waals surface area (Å²) in [6.07, 6.45) is 3.36. The summed E-state index contributed by atoms with van der Waals surface area (Å²) in [6.45, 7) is 6.00. The van der Waals surface area contributed by atoms with E-state index in [4.69, 9.17) is 0 Å². The Hall–Kier alpha value is -2.02. The van der Waals surface area contributed by atoms with Gasteiger partial charge in [0.2, 0.25) is 0 Å². The molecule has 0 unspecified atom stereocenters. The van der Waals surface area contributed by atoms with E-state index in [9.17, 15) is 5.11 Å². The number of aryl methyl sites for hydroxylation is 1. The molecular formula is C18H20O. The lowest BCUT2D eigenvalue weighted by atomic mass is 10.0. The first-order valence-electron chi connectivity index (χ1n) is 6.68. The van der Waals surface area contributed by atoms with Gasteiger partial charge in [0.15, 0.2) is 0 Å². The average molecular weight is 252 g/mol. The SMILES string of the molecule is C=C(C)CCCc1ccc(-c2ccc(O)cc2)cc1. The third kappa shape index (κ3) is 3.99. The molecule has 2 aromatic carbocycles. The van der Waals surface area contributed by atoms with Crippen LogP contribution in [-0.2, 0) is 6.42 Å². The van der Waals surface area contributed by atoms with E-state index in [0.29, 0.717) is 5.75 Å². The lowest BCUT2D eigenvalue weighted by Gasteiger charge is -2.05. The number of aromatic hydroxyl groups is 1. The van der Waals surface area contributed by atoms with Gasteiger partial charge in [-0.2, -0.15) is 0 Å². The first-order valence-corrected chi connectivity index (χ1v) is 6.68. The van der Waals surface area contributed by atoms with E-state index in [1.165, 1.54) is 16.7 Å². The summed E-state index contributed by atoms with van der Waals surface area (Å²) in [6, 6.07) is 16.0. The minimum Gasteiger partial charge on any atom is -0.508 e. The fourth-order valence-corrected chi connectivity index (χ4v) is 2.11. The molecule has 2 rings (SSSR count). The second-order valence-electron chi connectivity index (χ2n) is 5.05. The summed E-state index contributed by atoms with van der Waals surface area (Å²) in [5.74, 6) is 0.306.